The number of morpholine rings is 1. The topological polar surface area (TPSA) is 62.9 Å². The van der Waals surface area contributed by atoms with Gasteiger partial charge in [0.05, 0.1) is 13.2 Å². The Bertz CT molecular complexity index is 344. The molecule has 0 amide bonds. The van der Waals surface area contributed by atoms with Gasteiger partial charge >= 0.3 is 0 Å². The summed E-state index contributed by atoms with van der Waals surface area (Å²) in [7, 11) is 0. The van der Waals surface area contributed by atoms with Crippen LogP contribution >= 0.6 is 0 Å². The maximum absolute atomic E-state index is 8.47. The summed E-state index contributed by atoms with van der Waals surface area (Å²) < 4.78 is 7.25. The molecule has 0 aromatic carbocycles. The first-order valence-electron chi connectivity index (χ1n) is 5.39. The second-order valence-electron chi connectivity index (χ2n) is 3.68. The Morgan fingerprint density at radius 1 is 1.44 bits per heavy atom. The third-order valence-corrected chi connectivity index (χ3v) is 2.68. The summed E-state index contributed by atoms with van der Waals surface area (Å²) in [6.45, 7) is 5.41. The van der Waals surface area contributed by atoms with Gasteiger partial charge < -0.3 is 14.5 Å². The number of aromatic nitrogens is 2. The summed E-state index contributed by atoms with van der Waals surface area (Å²) in [4.78, 5) is 6.43. The molecule has 0 saturated carbocycles. The van der Waals surface area contributed by atoms with E-state index in [0.29, 0.717) is 5.82 Å². The lowest BCUT2D eigenvalue weighted by atomic mass is 10.4. The Kier molecular flexibility index (Phi) is 3.90. The van der Waals surface area contributed by atoms with E-state index in [9.17, 15) is 0 Å². The first-order chi connectivity index (χ1) is 7.90. The smallest absolute Gasteiger partial charge is 0.154 e. The third kappa shape index (κ3) is 2.80. The SMILES string of the molecule is O/N=C\c1nccn1CCN1CCOCC1. The molecule has 1 aromatic heterocycles. The van der Waals surface area contributed by atoms with Gasteiger partial charge in [-0.1, -0.05) is 5.16 Å². The quantitative estimate of drug-likeness (QED) is 0.445. The Morgan fingerprint density at radius 2 is 2.25 bits per heavy atom. The Labute approximate surface area is 94.1 Å². The van der Waals surface area contributed by atoms with Crippen molar-refractivity contribution in [2.24, 2.45) is 5.16 Å². The zero-order valence-corrected chi connectivity index (χ0v) is 9.12. The minimum absolute atomic E-state index is 0.677. The van der Waals surface area contributed by atoms with Crippen molar-refractivity contribution in [3.8, 4) is 0 Å². The molecule has 0 spiro atoms. The van der Waals surface area contributed by atoms with Gasteiger partial charge in [0.1, 0.15) is 6.21 Å². The predicted molar refractivity (Wildman–Crippen MR) is 58.9 cm³/mol. The van der Waals surface area contributed by atoms with Gasteiger partial charge in [0.15, 0.2) is 5.82 Å². The Morgan fingerprint density at radius 3 is 3.00 bits per heavy atom. The van der Waals surface area contributed by atoms with Crippen molar-refractivity contribution in [2.75, 3.05) is 32.8 Å². The molecular weight excluding hydrogens is 208 g/mol. The van der Waals surface area contributed by atoms with Crippen LogP contribution in [0.1, 0.15) is 5.82 Å². The number of rotatable bonds is 4. The van der Waals surface area contributed by atoms with Gasteiger partial charge in [0.2, 0.25) is 0 Å². The van der Waals surface area contributed by atoms with E-state index in [1.54, 1.807) is 6.20 Å². The maximum atomic E-state index is 8.47. The zero-order chi connectivity index (χ0) is 11.2. The molecule has 0 unspecified atom stereocenters. The van der Waals surface area contributed by atoms with Crippen LogP contribution in [0.15, 0.2) is 17.5 Å². The molecule has 1 saturated heterocycles. The summed E-state index contributed by atoms with van der Waals surface area (Å²) in [6.07, 6.45) is 4.94. The monoisotopic (exact) mass is 224 g/mol. The summed E-state index contributed by atoms with van der Waals surface area (Å²) in [5.41, 5.74) is 0. The van der Waals surface area contributed by atoms with Crippen molar-refractivity contribution in [3.63, 3.8) is 0 Å². The molecule has 16 heavy (non-hydrogen) atoms. The van der Waals surface area contributed by atoms with Crippen molar-refractivity contribution in [3.05, 3.63) is 18.2 Å². The first kappa shape index (κ1) is 11.1. The molecule has 6 heteroatoms. The lowest BCUT2D eigenvalue weighted by Crippen LogP contribution is -2.38. The lowest BCUT2D eigenvalue weighted by molar-refractivity contribution is 0.0364. The molecular formula is C10H16N4O2. The zero-order valence-electron chi connectivity index (χ0n) is 9.12. The van der Waals surface area contributed by atoms with E-state index in [4.69, 9.17) is 9.94 Å². The fraction of sp³-hybridized carbons (Fsp3) is 0.600. The van der Waals surface area contributed by atoms with Crippen LogP contribution in [0.4, 0.5) is 0 Å². The highest BCUT2D eigenvalue weighted by molar-refractivity contribution is 5.74. The number of nitrogens with zero attached hydrogens (tertiary/aromatic N) is 4. The molecule has 1 aliphatic rings. The van der Waals surface area contributed by atoms with Gasteiger partial charge in [-0.25, -0.2) is 4.98 Å². The molecule has 0 atom stereocenters. The van der Waals surface area contributed by atoms with Crippen molar-refractivity contribution >= 4 is 6.21 Å². The third-order valence-electron chi connectivity index (χ3n) is 2.68. The van der Waals surface area contributed by atoms with Crippen LogP contribution < -0.4 is 0 Å². The second kappa shape index (κ2) is 5.62. The normalized spacial score (nSPS) is 18.2. The van der Waals surface area contributed by atoms with Gasteiger partial charge in [-0.2, -0.15) is 0 Å². The number of ether oxygens (including phenoxy) is 1. The molecule has 0 radical (unpaired) electrons. The van der Waals surface area contributed by atoms with Gasteiger partial charge in [-0.05, 0) is 0 Å². The summed E-state index contributed by atoms with van der Waals surface area (Å²) in [5, 5.41) is 11.5. The average molecular weight is 224 g/mol. The second-order valence-corrected chi connectivity index (χ2v) is 3.68. The Hall–Kier alpha value is -1.40. The van der Waals surface area contributed by atoms with Crippen LogP contribution in [-0.2, 0) is 11.3 Å². The van der Waals surface area contributed by atoms with Gasteiger partial charge in [-0.3, -0.25) is 4.90 Å². The van der Waals surface area contributed by atoms with E-state index in [2.05, 4.69) is 15.0 Å². The van der Waals surface area contributed by atoms with Crippen molar-refractivity contribution in [1.82, 2.24) is 14.5 Å². The number of hydrogen-bond donors (Lipinski definition) is 1. The largest absolute Gasteiger partial charge is 0.411 e. The summed E-state index contributed by atoms with van der Waals surface area (Å²) in [5.74, 6) is 0.677. The summed E-state index contributed by atoms with van der Waals surface area (Å²) >= 11 is 0. The van der Waals surface area contributed by atoms with Crippen LogP contribution in [0, 0.1) is 0 Å². The van der Waals surface area contributed by atoms with Gasteiger partial charge in [-0.15, -0.1) is 0 Å². The van der Waals surface area contributed by atoms with Crippen molar-refractivity contribution in [2.45, 2.75) is 6.54 Å². The van der Waals surface area contributed by atoms with E-state index in [0.717, 1.165) is 39.4 Å². The Balaban J connectivity index is 1.86. The van der Waals surface area contributed by atoms with Gasteiger partial charge in [0, 0.05) is 38.6 Å². The molecule has 1 fully saturated rings. The fourth-order valence-corrected chi connectivity index (χ4v) is 1.76. The van der Waals surface area contributed by atoms with E-state index >= 15 is 0 Å². The minimum Gasteiger partial charge on any atom is -0.411 e. The molecule has 2 heterocycles. The highest BCUT2D eigenvalue weighted by Gasteiger charge is 2.10. The highest BCUT2D eigenvalue weighted by atomic mass is 16.5. The number of hydrogen-bond acceptors (Lipinski definition) is 5. The molecule has 0 aliphatic carbocycles. The average Bonchev–Trinajstić information content (AvgIpc) is 2.76. The number of imidazole rings is 1. The van der Waals surface area contributed by atoms with Crippen LogP contribution in [0.5, 0.6) is 0 Å². The molecule has 88 valence electrons. The summed E-state index contributed by atoms with van der Waals surface area (Å²) in [6, 6.07) is 0. The van der Waals surface area contributed by atoms with Gasteiger partial charge in [0.25, 0.3) is 0 Å². The molecule has 6 nitrogen and oxygen atoms in total. The molecule has 1 N–H and O–H groups in total. The van der Waals surface area contributed by atoms with E-state index in [1.807, 2.05) is 10.8 Å². The van der Waals surface area contributed by atoms with Crippen LogP contribution in [0.2, 0.25) is 0 Å². The maximum Gasteiger partial charge on any atom is 0.154 e. The van der Waals surface area contributed by atoms with Crippen molar-refractivity contribution < 1.29 is 9.94 Å². The van der Waals surface area contributed by atoms with E-state index in [-0.39, 0.29) is 0 Å². The molecule has 1 aromatic rings. The van der Waals surface area contributed by atoms with E-state index < -0.39 is 0 Å². The molecule has 2 rings (SSSR count). The highest BCUT2D eigenvalue weighted by Crippen LogP contribution is 1.99. The minimum atomic E-state index is 0.677. The standard InChI is InChI=1S/C10H16N4O2/c15-12-9-10-11-1-2-14(10)4-3-13-5-7-16-8-6-13/h1-2,9,15H,3-8H2/b12-9-. The fourth-order valence-electron chi connectivity index (χ4n) is 1.76. The molecule has 1 aliphatic heterocycles. The lowest BCUT2D eigenvalue weighted by Gasteiger charge is -2.26. The number of oxime groups is 1. The van der Waals surface area contributed by atoms with Crippen LogP contribution in [-0.4, -0.2) is 58.7 Å². The van der Waals surface area contributed by atoms with Crippen molar-refractivity contribution in [1.29, 1.82) is 0 Å². The van der Waals surface area contributed by atoms with E-state index in [1.165, 1.54) is 6.21 Å². The predicted octanol–water partition coefficient (Wildman–Crippen LogP) is 0.0234. The van der Waals surface area contributed by atoms with Crippen LogP contribution in [0.25, 0.3) is 0 Å². The first-order valence-corrected chi connectivity index (χ1v) is 5.39. The van der Waals surface area contributed by atoms with Crippen LogP contribution in [0.3, 0.4) is 0 Å². The molecule has 0 bridgehead atoms.